The van der Waals surface area contributed by atoms with Crippen molar-refractivity contribution in [2.24, 2.45) is 0 Å². The number of rotatable bonds is 1. The fourth-order valence-corrected chi connectivity index (χ4v) is 3.43. The molecule has 20 heavy (non-hydrogen) atoms. The van der Waals surface area contributed by atoms with Gasteiger partial charge in [0.25, 0.3) is 5.79 Å². The first-order valence-electron chi connectivity index (χ1n) is 6.43. The Hall–Kier alpha value is -2.10. The van der Waals surface area contributed by atoms with Crippen molar-refractivity contribution in [3.63, 3.8) is 0 Å². The molecule has 0 fully saturated rings. The molecule has 1 N–H and O–H groups in total. The average molecular weight is 280 g/mol. The molecule has 0 aliphatic carbocycles. The van der Waals surface area contributed by atoms with Gasteiger partial charge >= 0.3 is 0 Å². The highest BCUT2D eigenvalue weighted by Gasteiger charge is 2.41. The van der Waals surface area contributed by atoms with Crippen LogP contribution in [-0.4, -0.2) is 5.11 Å². The lowest BCUT2D eigenvalue weighted by Crippen LogP contribution is -2.36. The number of hydrogen-bond acceptors (Lipinski definition) is 3. The summed E-state index contributed by atoms with van der Waals surface area (Å²) in [5, 5.41) is 13.1. The summed E-state index contributed by atoms with van der Waals surface area (Å²) < 4.78 is 5.96. The Morgan fingerprint density at radius 1 is 0.850 bits per heavy atom. The molecule has 2 heterocycles. The fourth-order valence-electron chi connectivity index (χ4n) is 2.66. The molecule has 0 bridgehead atoms. The summed E-state index contributed by atoms with van der Waals surface area (Å²) >= 11 is 1.49. The van der Waals surface area contributed by atoms with Gasteiger partial charge in [-0.2, -0.15) is 0 Å². The third-order valence-corrected chi connectivity index (χ3v) is 4.54. The van der Waals surface area contributed by atoms with Gasteiger partial charge in [0.2, 0.25) is 0 Å². The number of hydrogen-bond donors (Lipinski definition) is 1. The first kappa shape index (κ1) is 11.7. The lowest BCUT2D eigenvalue weighted by molar-refractivity contribution is -0.107. The van der Waals surface area contributed by atoms with Gasteiger partial charge in [0.05, 0.1) is 4.88 Å². The maximum absolute atomic E-state index is 11.1. The van der Waals surface area contributed by atoms with Gasteiger partial charge in [0.15, 0.2) is 0 Å². The van der Waals surface area contributed by atoms with E-state index in [-0.39, 0.29) is 0 Å². The highest BCUT2D eigenvalue weighted by atomic mass is 32.1. The lowest BCUT2D eigenvalue weighted by atomic mass is 9.90. The normalized spacial score (nSPS) is 19.9. The van der Waals surface area contributed by atoms with Crippen molar-refractivity contribution in [1.29, 1.82) is 0 Å². The number of aliphatic hydroxyl groups is 1. The van der Waals surface area contributed by atoms with Gasteiger partial charge in [-0.05, 0) is 23.1 Å². The largest absolute Gasteiger partial charge is 0.452 e. The molecule has 98 valence electrons. The van der Waals surface area contributed by atoms with Crippen LogP contribution < -0.4 is 4.74 Å². The monoisotopic (exact) mass is 280 g/mol. The van der Waals surface area contributed by atoms with E-state index in [9.17, 15) is 5.11 Å². The topological polar surface area (TPSA) is 29.5 Å². The molecule has 0 spiro atoms. The summed E-state index contributed by atoms with van der Waals surface area (Å²) in [6.45, 7) is 0. The van der Waals surface area contributed by atoms with E-state index < -0.39 is 5.79 Å². The van der Waals surface area contributed by atoms with Crippen molar-refractivity contribution in [2.75, 3.05) is 0 Å². The predicted octanol–water partition coefficient (Wildman–Crippen LogP) is 4.00. The maximum atomic E-state index is 11.1. The molecule has 1 atom stereocenters. The van der Waals surface area contributed by atoms with Gasteiger partial charge in [-0.15, -0.1) is 11.3 Å². The molecule has 0 saturated carbocycles. The van der Waals surface area contributed by atoms with Crippen LogP contribution in [0.2, 0.25) is 0 Å². The van der Waals surface area contributed by atoms with Gasteiger partial charge in [0.1, 0.15) is 5.75 Å². The van der Waals surface area contributed by atoms with E-state index in [1.807, 2.05) is 66.0 Å². The summed E-state index contributed by atoms with van der Waals surface area (Å²) in [4.78, 5) is 0.791. The van der Waals surface area contributed by atoms with E-state index in [0.29, 0.717) is 5.75 Å². The molecule has 0 radical (unpaired) electrons. The first-order chi connectivity index (χ1) is 9.79. The van der Waals surface area contributed by atoms with Crippen LogP contribution >= 0.6 is 11.3 Å². The maximum Gasteiger partial charge on any atom is 0.271 e. The van der Waals surface area contributed by atoms with E-state index >= 15 is 0 Å². The van der Waals surface area contributed by atoms with Crippen LogP contribution in [0.5, 0.6) is 5.75 Å². The van der Waals surface area contributed by atoms with Crippen molar-refractivity contribution in [1.82, 2.24) is 0 Å². The number of benzene rings is 2. The summed E-state index contributed by atoms with van der Waals surface area (Å²) in [5.41, 5.74) is 2.83. The molecule has 1 aromatic heterocycles. The number of thiophene rings is 1. The average Bonchev–Trinajstić information content (AvgIpc) is 3.03. The lowest BCUT2D eigenvalue weighted by Gasteiger charge is -2.35. The highest BCUT2D eigenvalue weighted by Crippen LogP contribution is 2.47. The minimum atomic E-state index is -1.40. The van der Waals surface area contributed by atoms with Crippen LogP contribution in [-0.2, 0) is 5.79 Å². The molecular weight excluding hydrogens is 268 g/mol. The van der Waals surface area contributed by atoms with Gasteiger partial charge in [0, 0.05) is 11.1 Å². The molecule has 4 rings (SSSR count). The molecule has 0 saturated heterocycles. The Balaban J connectivity index is 2.02. The van der Waals surface area contributed by atoms with E-state index in [2.05, 4.69) is 0 Å². The van der Waals surface area contributed by atoms with Crippen LogP contribution in [0, 0.1) is 0 Å². The predicted molar refractivity (Wildman–Crippen MR) is 79.8 cm³/mol. The Labute approximate surface area is 120 Å². The molecule has 2 aromatic carbocycles. The molecule has 1 aliphatic heterocycles. The zero-order valence-electron chi connectivity index (χ0n) is 10.6. The Kier molecular flexibility index (Phi) is 2.46. The zero-order chi connectivity index (χ0) is 13.6. The zero-order valence-corrected chi connectivity index (χ0v) is 11.4. The molecule has 1 unspecified atom stereocenters. The third-order valence-electron chi connectivity index (χ3n) is 3.58. The quantitative estimate of drug-likeness (QED) is 0.730. The van der Waals surface area contributed by atoms with Crippen LogP contribution in [0.1, 0.15) is 10.4 Å². The van der Waals surface area contributed by atoms with Gasteiger partial charge in [-0.3, -0.25) is 0 Å². The number of para-hydroxylation sites is 1. The third kappa shape index (κ3) is 1.54. The summed E-state index contributed by atoms with van der Waals surface area (Å²) in [6.07, 6.45) is 0. The van der Waals surface area contributed by atoms with Crippen molar-refractivity contribution in [2.45, 2.75) is 5.79 Å². The van der Waals surface area contributed by atoms with Crippen molar-refractivity contribution >= 4 is 11.3 Å². The van der Waals surface area contributed by atoms with Crippen LogP contribution in [0.15, 0.2) is 66.0 Å². The van der Waals surface area contributed by atoms with E-state index in [1.165, 1.54) is 11.3 Å². The molecule has 1 aliphatic rings. The summed E-state index contributed by atoms with van der Waals surface area (Å²) in [5.74, 6) is -0.693. The SMILES string of the molecule is OC1(c2cccs2)Oc2ccccc2-c2ccccc21. The second kappa shape index (κ2) is 4.20. The van der Waals surface area contributed by atoms with Crippen molar-refractivity contribution in [3.8, 4) is 16.9 Å². The van der Waals surface area contributed by atoms with Gasteiger partial charge in [-0.1, -0.05) is 48.5 Å². The second-order valence-corrected chi connectivity index (χ2v) is 5.71. The van der Waals surface area contributed by atoms with Gasteiger partial charge in [-0.25, -0.2) is 0 Å². The van der Waals surface area contributed by atoms with E-state index in [4.69, 9.17) is 4.74 Å². The van der Waals surface area contributed by atoms with Crippen LogP contribution in [0.4, 0.5) is 0 Å². The molecular formula is C17H12O2S. The van der Waals surface area contributed by atoms with Gasteiger partial charge < -0.3 is 9.84 Å². The minimum Gasteiger partial charge on any atom is -0.452 e. The Morgan fingerprint density at radius 2 is 1.60 bits per heavy atom. The summed E-state index contributed by atoms with van der Waals surface area (Å²) in [7, 11) is 0. The summed E-state index contributed by atoms with van der Waals surface area (Å²) in [6, 6.07) is 19.5. The molecule has 0 amide bonds. The molecule has 3 heteroatoms. The fraction of sp³-hybridized carbons (Fsp3) is 0.0588. The Bertz CT molecular complexity index is 764. The minimum absolute atomic E-state index is 0.710. The van der Waals surface area contributed by atoms with Crippen molar-refractivity contribution < 1.29 is 9.84 Å². The van der Waals surface area contributed by atoms with Crippen LogP contribution in [0.25, 0.3) is 11.1 Å². The smallest absolute Gasteiger partial charge is 0.271 e. The first-order valence-corrected chi connectivity index (χ1v) is 7.31. The molecule has 3 aromatic rings. The molecule has 2 nitrogen and oxygen atoms in total. The standard InChI is InChI=1S/C17H12O2S/c18-17(16-10-5-11-20-16)14-8-3-1-6-12(14)13-7-2-4-9-15(13)19-17/h1-11,18H. The van der Waals surface area contributed by atoms with Crippen molar-refractivity contribution in [3.05, 3.63) is 76.5 Å². The number of ether oxygens (including phenoxy) is 1. The highest BCUT2D eigenvalue weighted by molar-refractivity contribution is 7.10. The number of fused-ring (bicyclic) bond motifs is 3. The van der Waals surface area contributed by atoms with Crippen LogP contribution in [0.3, 0.4) is 0 Å². The van der Waals surface area contributed by atoms with E-state index in [1.54, 1.807) is 0 Å². The van der Waals surface area contributed by atoms with E-state index in [0.717, 1.165) is 21.6 Å². The second-order valence-electron chi connectivity index (χ2n) is 4.77. The Morgan fingerprint density at radius 3 is 2.40 bits per heavy atom.